The largest absolute Gasteiger partial charge is 0.399 e. The molecule has 0 amide bonds. The van der Waals surface area contributed by atoms with Crippen LogP contribution in [0.1, 0.15) is 12.5 Å². The monoisotopic (exact) mass is 199 g/mol. The van der Waals surface area contributed by atoms with Gasteiger partial charge >= 0.3 is 0 Å². The predicted octanol–water partition coefficient (Wildman–Crippen LogP) is 1.20. The lowest BCUT2D eigenvalue weighted by atomic mass is 10.2. The fourth-order valence-electron chi connectivity index (χ4n) is 0.970. The Hall–Kier alpha value is -1.03. The maximum atomic E-state index is 11.2. The first kappa shape index (κ1) is 10.1. The van der Waals surface area contributed by atoms with Gasteiger partial charge < -0.3 is 5.73 Å². The Labute approximate surface area is 78.5 Å². The topological polar surface area (TPSA) is 60.2 Å². The van der Waals surface area contributed by atoms with Crippen LogP contribution in [0.2, 0.25) is 0 Å². The maximum Gasteiger partial charge on any atom is 0.154 e. The molecule has 4 heteroatoms. The molecule has 0 aliphatic heterocycles. The Morgan fingerprint density at radius 2 is 1.77 bits per heavy atom. The summed E-state index contributed by atoms with van der Waals surface area (Å²) in [6.45, 7) is 1.65. The summed E-state index contributed by atoms with van der Waals surface area (Å²) >= 11 is 0. The van der Waals surface area contributed by atoms with Crippen molar-refractivity contribution in [2.75, 3.05) is 11.5 Å². The molecule has 0 saturated heterocycles. The number of nitrogen functional groups attached to an aromatic ring is 1. The van der Waals surface area contributed by atoms with E-state index in [2.05, 4.69) is 0 Å². The van der Waals surface area contributed by atoms with Crippen molar-refractivity contribution in [1.82, 2.24) is 0 Å². The third kappa shape index (κ3) is 3.06. The standard InChI is InChI=1S/C9H13NO2S/c1-2-13(11,12)7-8-3-5-9(10)6-4-8/h3-6H,2,7,10H2,1H3. The van der Waals surface area contributed by atoms with Crippen molar-refractivity contribution >= 4 is 15.5 Å². The predicted molar refractivity (Wildman–Crippen MR) is 54.0 cm³/mol. The molecule has 3 nitrogen and oxygen atoms in total. The van der Waals surface area contributed by atoms with Crippen LogP contribution in [0.5, 0.6) is 0 Å². The van der Waals surface area contributed by atoms with Crippen LogP contribution in [0, 0.1) is 0 Å². The van der Waals surface area contributed by atoms with E-state index in [0.717, 1.165) is 5.56 Å². The summed E-state index contributed by atoms with van der Waals surface area (Å²) in [5, 5.41) is 0. The number of nitrogens with two attached hydrogens (primary N) is 1. The van der Waals surface area contributed by atoms with E-state index in [4.69, 9.17) is 5.73 Å². The van der Waals surface area contributed by atoms with E-state index in [9.17, 15) is 8.42 Å². The molecule has 0 atom stereocenters. The molecule has 13 heavy (non-hydrogen) atoms. The lowest BCUT2D eigenvalue weighted by Gasteiger charge is -2.01. The van der Waals surface area contributed by atoms with Crippen molar-refractivity contribution in [1.29, 1.82) is 0 Å². The molecule has 1 aromatic carbocycles. The molecule has 0 aliphatic carbocycles. The first-order valence-corrected chi connectivity index (χ1v) is 5.90. The third-order valence-electron chi connectivity index (χ3n) is 1.81. The highest BCUT2D eigenvalue weighted by molar-refractivity contribution is 7.90. The van der Waals surface area contributed by atoms with Gasteiger partial charge in [-0.25, -0.2) is 8.42 Å². The zero-order chi connectivity index (χ0) is 9.90. The number of anilines is 1. The van der Waals surface area contributed by atoms with E-state index in [-0.39, 0.29) is 11.5 Å². The van der Waals surface area contributed by atoms with Gasteiger partial charge in [0.2, 0.25) is 0 Å². The molecule has 72 valence electrons. The van der Waals surface area contributed by atoms with Gasteiger partial charge in [0.1, 0.15) is 0 Å². The van der Waals surface area contributed by atoms with E-state index in [0.29, 0.717) is 5.69 Å². The van der Waals surface area contributed by atoms with Crippen molar-refractivity contribution < 1.29 is 8.42 Å². The normalized spacial score (nSPS) is 11.5. The van der Waals surface area contributed by atoms with Gasteiger partial charge in [0.05, 0.1) is 5.75 Å². The Kier molecular flexibility index (Phi) is 2.93. The highest BCUT2D eigenvalue weighted by Crippen LogP contribution is 2.09. The molecule has 1 aromatic rings. The van der Waals surface area contributed by atoms with Crippen molar-refractivity contribution in [3.8, 4) is 0 Å². The average Bonchev–Trinajstić information content (AvgIpc) is 2.09. The molecule has 0 radical (unpaired) electrons. The second-order valence-electron chi connectivity index (χ2n) is 2.92. The van der Waals surface area contributed by atoms with Crippen LogP contribution >= 0.6 is 0 Å². The molecule has 2 N–H and O–H groups in total. The molecule has 0 aliphatic rings. The lowest BCUT2D eigenvalue weighted by molar-refractivity contribution is 0.596. The van der Waals surface area contributed by atoms with Crippen molar-refractivity contribution in [3.05, 3.63) is 29.8 Å². The van der Waals surface area contributed by atoms with Crippen molar-refractivity contribution in [2.24, 2.45) is 0 Å². The molecule has 0 saturated carbocycles. The second kappa shape index (κ2) is 3.79. The molecule has 0 spiro atoms. The molecule has 1 rings (SSSR count). The number of benzene rings is 1. The summed E-state index contributed by atoms with van der Waals surface area (Å²) in [4.78, 5) is 0. The van der Waals surface area contributed by atoms with Crippen molar-refractivity contribution in [2.45, 2.75) is 12.7 Å². The van der Waals surface area contributed by atoms with Crippen LogP contribution < -0.4 is 5.73 Å². The second-order valence-corrected chi connectivity index (χ2v) is 5.27. The minimum Gasteiger partial charge on any atom is -0.399 e. The highest BCUT2D eigenvalue weighted by atomic mass is 32.2. The fraction of sp³-hybridized carbons (Fsp3) is 0.333. The van der Waals surface area contributed by atoms with Crippen LogP contribution in [0.4, 0.5) is 5.69 Å². The Bertz CT molecular complexity index is 367. The fourth-order valence-corrected chi connectivity index (χ4v) is 1.87. The lowest BCUT2D eigenvalue weighted by Crippen LogP contribution is -2.06. The molecule has 0 aromatic heterocycles. The van der Waals surface area contributed by atoms with E-state index in [1.165, 1.54) is 0 Å². The Morgan fingerprint density at radius 3 is 2.23 bits per heavy atom. The minimum absolute atomic E-state index is 0.101. The van der Waals surface area contributed by atoms with Crippen molar-refractivity contribution in [3.63, 3.8) is 0 Å². The van der Waals surface area contributed by atoms with E-state index in [1.807, 2.05) is 0 Å². The van der Waals surface area contributed by atoms with Crippen LogP contribution in [0.3, 0.4) is 0 Å². The van der Waals surface area contributed by atoms with Gasteiger partial charge in [-0.3, -0.25) is 0 Å². The van der Waals surface area contributed by atoms with Gasteiger partial charge in [-0.05, 0) is 17.7 Å². The van der Waals surface area contributed by atoms with E-state index in [1.54, 1.807) is 31.2 Å². The van der Waals surface area contributed by atoms with E-state index >= 15 is 0 Å². The number of hydrogen-bond donors (Lipinski definition) is 1. The van der Waals surface area contributed by atoms with Crippen LogP contribution in [-0.2, 0) is 15.6 Å². The van der Waals surface area contributed by atoms with Gasteiger partial charge in [-0.2, -0.15) is 0 Å². The number of rotatable bonds is 3. The third-order valence-corrected chi connectivity index (χ3v) is 3.46. The number of hydrogen-bond acceptors (Lipinski definition) is 3. The first-order valence-electron chi connectivity index (χ1n) is 4.08. The Morgan fingerprint density at radius 1 is 1.23 bits per heavy atom. The molecule has 0 unspecified atom stereocenters. The molecule has 0 heterocycles. The quantitative estimate of drug-likeness (QED) is 0.744. The average molecular weight is 199 g/mol. The summed E-state index contributed by atoms with van der Waals surface area (Å²) in [6.07, 6.45) is 0. The van der Waals surface area contributed by atoms with E-state index < -0.39 is 9.84 Å². The molecule has 0 bridgehead atoms. The smallest absolute Gasteiger partial charge is 0.154 e. The van der Waals surface area contributed by atoms with Crippen LogP contribution in [-0.4, -0.2) is 14.2 Å². The molecular formula is C9H13NO2S. The minimum atomic E-state index is -2.93. The zero-order valence-corrected chi connectivity index (χ0v) is 8.34. The summed E-state index contributed by atoms with van der Waals surface area (Å²) in [6, 6.07) is 6.89. The summed E-state index contributed by atoms with van der Waals surface area (Å²) in [7, 11) is -2.93. The van der Waals surface area contributed by atoms with Crippen LogP contribution in [0.25, 0.3) is 0 Å². The first-order chi connectivity index (χ1) is 6.03. The summed E-state index contributed by atoms with van der Waals surface area (Å²) < 4.78 is 22.4. The van der Waals surface area contributed by atoms with Gasteiger partial charge in [-0.15, -0.1) is 0 Å². The SMILES string of the molecule is CCS(=O)(=O)Cc1ccc(N)cc1. The van der Waals surface area contributed by atoms with Gasteiger partial charge in [-0.1, -0.05) is 19.1 Å². The van der Waals surface area contributed by atoms with Gasteiger partial charge in [0.25, 0.3) is 0 Å². The van der Waals surface area contributed by atoms with Gasteiger partial charge in [0, 0.05) is 11.4 Å². The summed E-state index contributed by atoms with van der Waals surface area (Å²) in [5.41, 5.74) is 6.91. The zero-order valence-electron chi connectivity index (χ0n) is 7.53. The Balaban J connectivity index is 2.82. The summed E-state index contributed by atoms with van der Waals surface area (Å²) in [5.74, 6) is 0.279. The highest BCUT2D eigenvalue weighted by Gasteiger charge is 2.07. The van der Waals surface area contributed by atoms with Crippen LogP contribution in [0.15, 0.2) is 24.3 Å². The number of sulfone groups is 1. The maximum absolute atomic E-state index is 11.2. The van der Waals surface area contributed by atoms with Gasteiger partial charge in [0.15, 0.2) is 9.84 Å². The molecular weight excluding hydrogens is 186 g/mol. The molecule has 0 fully saturated rings.